The topological polar surface area (TPSA) is 68.3 Å². The Labute approximate surface area is 121 Å². The Bertz CT molecular complexity index is 695. The predicted molar refractivity (Wildman–Crippen MR) is 77.1 cm³/mol. The van der Waals surface area contributed by atoms with Crippen LogP contribution in [-0.2, 0) is 0 Å². The maximum atomic E-state index is 8.86. The van der Waals surface area contributed by atoms with Crippen LogP contribution < -0.4 is 15.2 Å². The first-order chi connectivity index (χ1) is 9.76. The van der Waals surface area contributed by atoms with Crippen molar-refractivity contribution in [3.8, 4) is 17.6 Å². The third-order valence-electron chi connectivity index (χ3n) is 2.89. The zero-order valence-corrected chi connectivity index (χ0v) is 11.4. The van der Waals surface area contributed by atoms with E-state index in [0.717, 1.165) is 21.3 Å². The first-order valence-electron chi connectivity index (χ1n) is 6.13. The van der Waals surface area contributed by atoms with Crippen LogP contribution in [0.15, 0.2) is 46.2 Å². The van der Waals surface area contributed by atoms with Crippen LogP contribution >= 0.6 is 11.8 Å². The lowest BCUT2D eigenvalue weighted by Crippen LogP contribution is -2.15. The Kier molecular flexibility index (Phi) is 3.40. The van der Waals surface area contributed by atoms with Gasteiger partial charge in [0.15, 0.2) is 11.5 Å². The molecule has 1 aliphatic heterocycles. The molecule has 0 bridgehead atoms. The van der Waals surface area contributed by atoms with Crippen molar-refractivity contribution in [3.63, 3.8) is 0 Å². The highest BCUT2D eigenvalue weighted by Gasteiger charge is 2.12. The zero-order valence-electron chi connectivity index (χ0n) is 10.6. The van der Waals surface area contributed by atoms with Crippen LogP contribution in [0.2, 0.25) is 0 Å². The van der Waals surface area contributed by atoms with Crippen molar-refractivity contribution in [1.82, 2.24) is 0 Å². The first-order valence-corrected chi connectivity index (χ1v) is 6.95. The molecule has 20 heavy (non-hydrogen) atoms. The fourth-order valence-electron chi connectivity index (χ4n) is 1.93. The van der Waals surface area contributed by atoms with Crippen molar-refractivity contribution in [1.29, 1.82) is 5.26 Å². The lowest BCUT2D eigenvalue weighted by molar-refractivity contribution is 0.171. The first kappa shape index (κ1) is 12.7. The maximum Gasteiger partial charge on any atom is 0.162 e. The van der Waals surface area contributed by atoms with Gasteiger partial charge in [0.1, 0.15) is 19.3 Å². The molecule has 3 rings (SSSR count). The second-order valence-electron chi connectivity index (χ2n) is 4.27. The number of nitrogens with two attached hydrogens (primary N) is 1. The van der Waals surface area contributed by atoms with Gasteiger partial charge in [-0.2, -0.15) is 5.26 Å². The smallest absolute Gasteiger partial charge is 0.162 e. The van der Waals surface area contributed by atoms with E-state index in [1.54, 1.807) is 23.9 Å². The monoisotopic (exact) mass is 284 g/mol. The van der Waals surface area contributed by atoms with Gasteiger partial charge in [-0.05, 0) is 36.4 Å². The maximum absolute atomic E-state index is 8.86. The average Bonchev–Trinajstić information content (AvgIpc) is 2.47. The van der Waals surface area contributed by atoms with Crippen LogP contribution in [0.25, 0.3) is 0 Å². The molecule has 0 fully saturated rings. The highest BCUT2D eigenvalue weighted by Crippen LogP contribution is 2.37. The normalized spacial score (nSPS) is 12.8. The molecule has 1 aliphatic rings. The standard InChI is InChI=1S/C15H12N2O2S/c16-9-10-1-2-11(7-13(10)17)20-12-3-4-14-15(8-12)19-6-5-18-14/h1-4,7-8H,5-6,17H2. The molecule has 0 aliphatic carbocycles. The molecule has 2 N–H and O–H groups in total. The van der Waals surface area contributed by atoms with Crippen LogP contribution in [0, 0.1) is 11.3 Å². The van der Waals surface area contributed by atoms with Crippen molar-refractivity contribution < 1.29 is 9.47 Å². The molecular weight excluding hydrogens is 272 g/mol. The van der Waals surface area contributed by atoms with Gasteiger partial charge in [0.05, 0.1) is 11.3 Å². The summed E-state index contributed by atoms with van der Waals surface area (Å²) in [6.45, 7) is 1.16. The van der Waals surface area contributed by atoms with Crippen LogP contribution in [0.3, 0.4) is 0 Å². The summed E-state index contributed by atoms with van der Waals surface area (Å²) < 4.78 is 11.0. The lowest BCUT2D eigenvalue weighted by atomic mass is 10.2. The van der Waals surface area contributed by atoms with Crippen LogP contribution in [0.1, 0.15) is 5.56 Å². The zero-order chi connectivity index (χ0) is 13.9. The second-order valence-corrected chi connectivity index (χ2v) is 5.42. The molecule has 0 aromatic heterocycles. The molecule has 4 nitrogen and oxygen atoms in total. The molecule has 1 heterocycles. The second kappa shape index (κ2) is 5.35. The van der Waals surface area contributed by atoms with Crippen molar-refractivity contribution >= 4 is 17.4 Å². The van der Waals surface area contributed by atoms with Crippen LogP contribution in [0.4, 0.5) is 5.69 Å². The van der Waals surface area contributed by atoms with Crippen molar-refractivity contribution in [2.24, 2.45) is 0 Å². The minimum Gasteiger partial charge on any atom is -0.486 e. The largest absolute Gasteiger partial charge is 0.486 e. The SMILES string of the molecule is N#Cc1ccc(Sc2ccc3c(c2)OCCO3)cc1N. The summed E-state index contributed by atoms with van der Waals surface area (Å²) in [6.07, 6.45) is 0. The van der Waals surface area contributed by atoms with Gasteiger partial charge in [-0.3, -0.25) is 0 Å². The Morgan fingerprint density at radius 1 is 1.00 bits per heavy atom. The number of nitrogens with zero attached hydrogens (tertiary/aromatic N) is 1. The highest BCUT2D eigenvalue weighted by atomic mass is 32.2. The Hall–Kier alpha value is -2.32. The predicted octanol–water partition coefficient (Wildman–Crippen LogP) is 3.06. The molecule has 0 unspecified atom stereocenters. The molecule has 0 spiro atoms. The van der Waals surface area contributed by atoms with Gasteiger partial charge >= 0.3 is 0 Å². The van der Waals surface area contributed by atoms with Gasteiger partial charge in [-0.25, -0.2) is 0 Å². The van der Waals surface area contributed by atoms with E-state index in [0.29, 0.717) is 24.5 Å². The summed E-state index contributed by atoms with van der Waals surface area (Å²) in [6, 6.07) is 13.3. The fraction of sp³-hybridized carbons (Fsp3) is 0.133. The van der Waals surface area contributed by atoms with E-state index >= 15 is 0 Å². The summed E-state index contributed by atoms with van der Waals surface area (Å²) in [7, 11) is 0. The van der Waals surface area contributed by atoms with Gasteiger partial charge in [-0.15, -0.1) is 0 Å². The van der Waals surface area contributed by atoms with E-state index < -0.39 is 0 Å². The number of benzene rings is 2. The third-order valence-corrected chi connectivity index (χ3v) is 3.87. The van der Waals surface area contributed by atoms with Gasteiger partial charge in [0.2, 0.25) is 0 Å². The van der Waals surface area contributed by atoms with Crippen LogP contribution in [0.5, 0.6) is 11.5 Å². The average molecular weight is 284 g/mol. The number of nitriles is 1. The van der Waals surface area contributed by atoms with Crippen molar-refractivity contribution in [3.05, 3.63) is 42.0 Å². The fourth-order valence-corrected chi connectivity index (χ4v) is 2.83. The van der Waals surface area contributed by atoms with Crippen molar-refractivity contribution in [2.75, 3.05) is 18.9 Å². The quantitative estimate of drug-likeness (QED) is 0.858. The van der Waals surface area contributed by atoms with Crippen LogP contribution in [-0.4, -0.2) is 13.2 Å². The molecule has 2 aromatic carbocycles. The number of ether oxygens (including phenoxy) is 2. The number of rotatable bonds is 2. The Morgan fingerprint density at radius 3 is 2.45 bits per heavy atom. The number of hydrogen-bond acceptors (Lipinski definition) is 5. The Morgan fingerprint density at radius 2 is 1.70 bits per heavy atom. The van der Waals surface area contributed by atoms with Gasteiger partial charge < -0.3 is 15.2 Å². The van der Waals surface area contributed by atoms with E-state index in [9.17, 15) is 0 Å². The minimum absolute atomic E-state index is 0.495. The summed E-state index contributed by atoms with van der Waals surface area (Å²) in [5, 5.41) is 8.86. The van der Waals surface area contributed by atoms with E-state index in [4.69, 9.17) is 20.5 Å². The molecule has 0 atom stereocenters. The molecular formula is C15H12N2O2S. The van der Waals surface area contributed by atoms with Gasteiger partial charge in [-0.1, -0.05) is 11.8 Å². The van der Waals surface area contributed by atoms with Crippen molar-refractivity contribution in [2.45, 2.75) is 9.79 Å². The molecule has 5 heteroatoms. The molecule has 0 saturated carbocycles. The van der Waals surface area contributed by atoms with E-state index in [1.165, 1.54) is 0 Å². The van der Waals surface area contributed by atoms with E-state index in [2.05, 4.69) is 6.07 Å². The molecule has 0 radical (unpaired) electrons. The summed E-state index contributed by atoms with van der Waals surface area (Å²) in [5.41, 5.74) is 6.81. The number of nitrogen functional groups attached to an aromatic ring is 1. The highest BCUT2D eigenvalue weighted by molar-refractivity contribution is 7.99. The summed E-state index contributed by atoms with van der Waals surface area (Å²) in [5.74, 6) is 1.54. The van der Waals surface area contributed by atoms with E-state index in [-0.39, 0.29) is 0 Å². The summed E-state index contributed by atoms with van der Waals surface area (Å²) in [4.78, 5) is 2.02. The minimum atomic E-state index is 0.495. The summed E-state index contributed by atoms with van der Waals surface area (Å²) >= 11 is 1.57. The Balaban J connectivity index is 1.84. The number of fused-ring (bicyclic) bond motifs is 1. The number of anilines is 1. The molecule has 100 valence electrons. The van der Waals surface area contributed by atoms with E-state index in [1.807, 2.05) is 24.3 Å². The van der Waals surface area contributed by atoms with Gasteiger partial charge in [0.25, 0.3) is 0 Å². The van der Waals surface area contributed by atoms with Gasteiger partial charge in [0, 0.05) is 9.79 Å². The molecule has 0 amide bonds. The number of hydrogen-bond donors (Lipinski definition) is 1. The molecule has 2 aromatic rings. The lowest BCUT2D eigenvalue weighted by Gasteiger charge is -2.18. The third kappa shape index (κ3) is 2.51. The molecule has 0 saturated heterocycles.